The molecule has 1 aromatic carbocycles. The van der Waals surface area contributed by atoms with Gasteiger partial charge in [0.15, 0.2) is 5.84 Å². The number of hydrogen-bond acceptors (Lipinski definition) is 3. The lowest BCUT2D eigenvalue weighted by Gasteiger charge is -2.10. The van der Waals surface area contributed by atoms with Crippen molar-refractivity contribution in [3.8, 4) is 0 Å². The van der Waals surface area contributed by atoms with Crippen molar-refractivity contribution in [1.29, 1.82) is 0 Å². The van der Waals surface area contributed by atoms with Crippen LogP contribution in [0.25, 0.3) is 0 Å². The third-order valence-corrected chi connectivity index (χ3v) is 2.43. The van der Waals surface area contributed by atoms with E-state index in [0.717, 1.165) is 6.07 Å². The van der Waals surface area contributed by atoms with Crippen LogP contribution in [0.2, 0.25) is 5.02 Å². The van der Waals surface area contributed by atoms with Gasteiger partial charge in [0.1, 0.15) is 5.82 Å². The predicted molar refractivity (Wildman–Crippen MR) is 62.6 cm³/mol. The van der Waals surface area contributed by atoms with Crippen molar-refractivity contribution in [3.05, 3.63) is 29.0 Å². The maximum Gasteiger partial charge on any atom is 0.234 e. The molecule has 1 amide bonds. The third-order valence-electron chi connectivity index (χ3n) is 2.14. The van der Waals surface area contributed by atoms with Gasteiger partial charge < -0.3 is 16.3 Å². The number of amidine groups is 1. The van der Waals surface area contributed by atoms with Crippen molar-refractivity contribution >= 4 is 29.0 Å². The largest absolute Gasteiger partial charge is 0.409 e. The Hall–Kier alpha value is -1.82. The van der Waals surface area contributed by atoms with Gasteiger partial charge in [0, 0.05) is 5.69 Å². The molecule has 1 rings (SSSR count). The first-order chi connectivity index (χ1) is 7.95. The van der Waals surface area contributed by atoms with Crippen LogP contribution in [0.4, 0.5) is 10.1 Å². The number of benzene rings is 1. The van der Waals surface area contributed by atoms with E-state index in [-0.39, 0.29) is 10.9 Å². The van der Waals surface area contributed by atoms with Crippen molar-refractivity contribution in [2.75, 3.05) is 5.32 Å². The minimum Gasteiger partial charge on any atom is -0.409 e. The van der Waals surface area contributed by atoms with Gasteiger partial charge in [0.05, 0.1) is 10.9 Å². The van der Waals surface area contributed by atoms with Crippen LogP contribution in [0.15, 0.2) is 23.4 Å². The number of amides is 1. The van der Waals surface area contributed by atoms with E-state index in [2.05, 4.69) is 10.5 Å². The monoisotopic (exact) mass is 259 g/mol. The molecule has 7 heteroatoms. The highest BCUT2D eigenvalue weighted by molar-refractivity contribution is 6.31. The Morgan fingerprint density at radius 1 is 1.65 bits per heavy atom. The van der Waals surface area contributed by atoms with Gasteiger partial charge in [-0.2, -0.15) is 0 Å². The molecule has 0 spiro atoms. The first-order valence-corrected chi connectivity index (χ1v) is 5.07. The topological polar surface area (TPSA) is 87.7 Å². The van der Waals surface area contributed by atoms with Crippen molar-refractivity contribution in [2.45, 2.75) is 6.92 Å². The second-order valence-electron chi connectivity index (χ2n) is 3.36. The quantitative estimate of drug-likeness (QED) is 0.335. The van der Waals surface area contributed by atoms with Crippen molar-refractivity contribution in [1.82, 2.24) is 0 Å². The van der Waals surface area contributed by atoms with Crippen molar-refractivity contribution in [2.24, 2.45) is 16.8 Å². The lowest BCUT2D eigenvalue weighted by molar-refractivity contribution is -0.117. The van der Waals surface area contributed by atoms with Gasteiger partial charge in [-0.15, -0.1) is 0 Å². The standard InChI is InChI=1S/C10H11ClFN3O2/c1-5(9(13)15-17)10(16)14-6-2-3-8(12)7(11)4-6/h2-5,17H,1H3,(H2,13,15)(H,14,16). The summed E-state index contributed by atoms with van der Waals surface area (Å²) in [4.78, 5) is 11.6. The Kier molecular flexibility index (Phi) is 4.28. The van der Waals surface area contributed by atoms with Crippen LogP contribution in [0.5, 0.6) is 0 Å². The molecule has 17 heavy (non-hydrogen) atoms. The van der Waals surface area contributed by atoms with Crippen molar-refractivity contribution < 1.29 is 14.4 Å². The van der Waals surface area contributed by atoms with Gasteiger partial charge in [0.2, 0.25) is 5.91 Å². The molecule has 0 saturated carbocycles. The smallest absolute Gasteiger partial charge is 0.234 e. The SMILES string of the molecule is CC(C(=O)Nc1ccc(F)c(Cl)c1)/C(N)=N/O. The molecule has 1 unspecified atom stereocenters. The molecule has 0 aliphatic rings. The van der Waals surface area contributed by atoms with Crippen LogP contribution in [-0.2, 0) is 4.79 Å². The van der Waals surface area contributed by atoms with Crippen LogP contribution < -0.4 is 11.1 Å². The Labute approximate surface area is 102 Å². The summed E-state index contributed by atoms with van der Waals surface area (Å²) < 4.78 is 12.9. The normalized spacial score (nSPS) is 13.2. The zero-order valence-corrected chi connectivity index (χ0v) is 9.70. The number of nitrogens with one attached hydrogen (secondary N) is 1. The molecule has 5 nitrogen and oxygen atoms in total. The summed E-state index contributed by atoms with van der Waals surface area (Å²) in [5.41, 5.74) is 5.61. The Morgan fingerprint density at radius 3 is 2.82 bits per heavy atom. The highest BCUT2D eigenvalue weighted by atomic mass is 35.5. The molecule has 0 fully saturated rings. The maximum atomic E-state index is 12.9. The van der Waals surface area contributed by atoms with Crippen LogP contribution in [0, 0.1) is 11.7 Å². The fraction of sp³-hybridized carbons (Fsp3) is 0.200. The van der Waals surface area contributed by atoms with Gasteiger partial charge >= 0.3 is 0 Å². The average molecular weight is 260 g/mol. The van der Waals surface area contributed by atoms with Crippen LogP contribution in [-0.4, -0.2) is 17.0 Å². The average Bonchev–Trinajstić information content (AvgIpc) is 2.31. The van der Waals surface area contributed by atoms with Gasteiger partial charge in [-0.05, 0) is 25.1 Å². The number of hydrogen-bond donors (Lipinski definition) is 3. The van der Waals surface area contributed by atoms with Gasteiger partial charge in [-0.3, -0.25) is 4.79 Å². The van der Waals surface area contributed by atoms with E-state index in [1.807, 2.05) is 0 Å². The van der Waals surface area contributed by atoms with Crippen LogP contribution >= 0.6 is 11.6 Å². The molecule has 0 radical (unpaired) electrons. The number of rotatable bonds is 3. The van der Waals surface area contributed by atoms with Crippen LogP contribution in [0.1, 0.15) is 6.92 Å². The number of carbonyl (C=O) groups excluding carboxylic acids is 1. The Balaban J connectivity index is 2.78. The summed E-state index contributed by atoms with van der Waals surface area (Å²) in [6.07, 6.45) is 0. The van der Waals surface area contributed by atoms with E-state index in [9.17, 15) is 9.18 Å². The first-order valence-electron chi connectivity index (χ1n) is 4.69. The van der Waals surface area contributed by atoms with E-state index in [1.54, 1.807) is 0 Å². The number of halogens is 2. The third kappa shape index (κ3) is 3.32. The molecule has 1 atom stereocenters. The van der Waals surface area contributed by atoms with E-state index in [1.165, 1.54) is 19.1 Å². The molecule has 4 N–H and O–H groups in total. The molecular weight excluding hydrogens is 249 g/mol. The highest BCUT2D eigenvalue weighted by Crippen LogP contribution is 2.19. The minimum absolute atomic E-state index is 0.0979. The predicted octanol–water partition coefficient (Wildman–Crippen LogP) is 1.80. The maximum absolute atomic E-state index is 12.9. The summed E-state index contributed by atoms with van der Waals surface area (Å²) in [6.45, 7) is 1.47. The summed E-state index contributed by atoms with van der Waals surface area (Å²) >= 11 is 5.55. The number of nitrogens with zero attached hydrogens (tertiary/aromatic N) is 1. The molecule has 92 valence electrons. The van der Waals surface area contributed by atoms with Gasteiger partial charge in [-0.1, -0.05) is 16.8 Å². The Morgan fingerprint density at radius 2 is 2.29 bits per heavy atom. The highest BCUT2D eigenvalue weighted by Gasteiger charge is 2.17. The molecular formula is C10H11ClFN3O2. The van der Waals surface area contributed by atoms with E-state index in [4.69, 9.17) is 22.5 Å². The summed E-state index contributed by atoms with van der Waals surface area (Å²) in [6, 6.07) is 3.76. The number of anilines is 1. The van der Waals surface area contributed by atoms with E-state index >= 15 is 0 Å². The molecule has 0 bridgehead atoms. The molecule has 0 saturated heterocycles. The van der Waals surface area contributed by atoms with Crippen molar-refractivity contribution in [3.63, 3.8) is 0 Å². The molecule has 0 aromatic heterocycles. The minimum atomic E-state index is -0.802. The first kappa shape index (κ1) is 13.2. The lowest BCUT2D eigenvalue weighted by Crippen LogP contribution is -2.32. The summed E-state index contributed by atoms with van der Waals surface area (Å²) in [7, 11) is 0. The summed E-state index contributed by atoms with van der Waals surface area (Å²) in [5, 5.41) is 13.5. The van der Waals surface area contributed by atoms with Gasteiger partial charge in [-0.25, -0.2) is 4.39 Å². The molecule has 1 aromatic rings. The zero-order valence-electron chi connectivity index (χ0n) is 8.95. The van der Waals surface area contributed by atoms with Gasteiger partial charge in [0.25, 0.3) is 0 Å². The number of oxime groups is 1. The fourth-order valence-corrected chi connectivity index (χ4v) is 1.23. The number of nitrogens with two attached hydrogens (primary N) is 1. The lowest BCUT2D eigenvalue weighted by atomic mass is 10.1. The van der Waals surface area contributed by atoms with E-state index in [0.29, 0.717) is 5.69 Å². The van der Waals surface area contributed by atoms with Crippen LogP contribution in [0.3, 0.4) is 0 Å². The second-order valence-corrected chi connectivity index (χ2v) is 3.77. The summed E-state index contributed by atoms with van der Waals surface area (Å²) in [5.74, 6) is -2.07. The molecule has 0 aliphatic heterocycles. The number of carbonyl (C=O) groups is 1. The molecule has 0 heterocycles. The second kappa shape index (κ2) is 5.49. The fourth-order valence-electron chi connectivity index (χ4n) is 1.05. The van der Waals surface area contributed by atoms with E-state index < -0.39 is 17.6 Å². The molecule has 0 aliphatic carbocycles. The Bertz CT molecular complexity index is 465. The zero-order chi connectivity index (χ0) is 13.0.